The summed E-state index contributed by atoms with van der Waals surface area (Å²) in [5.74, 6) is -0.628. The Morgan fingerprint density at radius 3 is 2.65 bits per heavy atom. The third kappa shape index (κ3) is 1.63. The van der Waals surface area contributed by atoms with Crippen molar-refractivity contribution in [2.24, 2.45) is 5.92 Å². The molecule has 0 heterocycles. The normalized spacial score (nSPS) is 32.8. The molecule has 4 heteroatoms. The van der Waals surface area contributed by atoms with Crippen LogP contribution in [0.2, 0.25) is 0 Å². The van der Waals surface area contributed by atoms with Crippen molar-refractivity contribution in [2.45, 2.75) is 25.4 Å². The fraction of sp³-hybridized carbons (Fsp3) is 0.538. The lowest BCUT2D eigenvalue weighted by molar-refractivity contribution is -0.156. The van der Waals surface area contributed by atoms with Crippen LogP contribution in [0.25, 0.3) is 0 Å². The summed E-state index contributed by atoms with van der Waals surface area (Å²) in [5.41, 5.74) is 0.0644. The lowest BCUT2D eigenvalue weighted by atomic mass is 9.68. The molecule has 92 valence electrons. The number of hydrogen-bond donors (Lipinski definition) is 0. The molecule has 2 atom stereocenters. The zero-order chi connectivity index (χ0) is 12.6. The molecule has 2 unspecified atom stereocenters. The third-order valence-corrected chi connectivity index (χ3v) is 3.65. The molecule has 0 fully saturated rings. The molecule has 2 aliphatic rings. The molecule has 0 bridgehead atoms. The molecule has 0 aliphatic heterocycles. The molecule has 0 amide bonds. The van der Waals surface area contributed by atoms with Gasteiger partial charge in [-0.1, -0.05) is 11.6 Å². The summed E-state index contributed by atoms with van der Waals surface area (Å²) in [6, 6.07) is 0. The Kier molecular flexibility index (Phi) is 2.91. The van der Waals surface area contributed by atoms with Crippen LogP contribution in [-0.4, -0.2) is 31.4 Å². The van der Waals surface area contributed by atoms with Crippen molar-refractivity contribution in [3.8, 4) is 0 Å². The van der Waals surface area contributed by atoms with Gasteiger partial charge in [-0.3, -0.25) is 9.59 Å². The molecule has 0 aromatic carbocycles. The molecule has 0 aromatic heterocycles. The summed E-state index contributed by atoms with van der Waals surface area (Å²) >= 11 is 0. The van der Waals surface area contributed by atoms with E-state index in [4.69, 9.17) is 9.47 Å². The summed E-state index contributed by atoms with van der Waals surface area (Å²) in [5, 5.41) is 0. The Morgan fingerprint density at radius 1 is 1.35 bits per heavy atom. The van der Waals surface area contributed by atoms with E-state index >= 15 is 0 Å². The van der Waals surface area contributed by atoms with Gasteiger partial charge in [0.2, 0.25) is 5.78 Å². The molecule has 0 radical (unpaired) electrons. The molecule has 2 aliphatic carbocycles. The first-order chi connectivity index (χ1) is 8.05. The van der Waals surface area contributed by atoms with E-state index in [1.807, 2.05) is 13.0 Å². The van der Waals surface area contributed by atoms with Gasteiger partial charge < -0.3 is 9.47 Å². The van der Waals surface area contributed by atoms with Gasteiger partial charge in [-0.25, -0.2) is 0 Å². The minimum Gasteiger partial charge on any atom is -0.493 e. The van der Waals surface area contributed by atoms with Crippen LogP contribution in [0.1, 0.15) is 19.8 Å². The fourth-order valence-electron chi connectivity index (χ4n) is 2.59. The zero-order valence-corrected chi connectivity index (χ0v) is 10.3. The number of ether oxygens (including phenoxy) is 2. The van der Waals surface area contributed by atoms with E-state index in [-0.39, 0.29) is 17.3 Å². The number of methoxy groups -OCH3 is 2. The van der Waals surface area contributed by atoms with Gasteiger partial charge in [0.1, 0.15) is 5.60 Å². The Bertz CT molecular complexity index is 433. The Hall–Kier alpha value is -1.42. The van der Waals surface area contributed by atoms with Crippen molar-refractivity contribution in [1.82, 2.24) is 0 Å². The highest BCUT2D eigenvalue weighted by Gasteiger charge is 2.54. The Labute approximate surface area is 100 Å². The number of carbonyl (C=O) groups excluding carboxylic acids is 2. The van der Waals surface area contributed by atoms with Crippen LogP contribution in [-0.2, 0) is 19.1 Å². The highest BCUT2D eigenvalue weighted by molar-refractivity contribution is 6.13. The van der Waals surface area contributed by atoms with Gasteiger partial charge in [-0.05, 0) is 13.3 Å². The van der Waals surface area contributed by atoms with Crippen LogP contribution in [0, 0.1) is 5.92 Å². The van der Waals surface area contributed by atoms with Crippen LogP contribution < -0.4 is 0 Å². The van der Waals surface area contributed by atoms with Gasteiger partial charge in [0.15, 0.2) is 11.5 Å². The van der Waals surface area contributed by atoms with E-state index in [0.717, 1.165) is 5.57 Å². The number of Topliss-reactive ketones (excluding diaryl/α,β-unsaturated/α-hetero) is 1. The summed E-state index contributed by atoms with van der Waals surface area (Å²) in [7, 11) is 2.87. The molecule has 4 nitrogen and oxygen atoms in total. The van der Waals surface area contributed by atoms with Crippen molar-refractivity contribution in [3.05, 3.63) is 23.5 Å². The standard InChI is InChI=1S/C13H16O4/c1-8-4-5-13(17-3)9(6-8)10(14)7-11(16-2)12(13)15/h4,7,9H,5-6H2,1-3H3. The largest absolute Gasteiger partial charge is 0.493 e. The van der Waals surface area contributed by atoms with E-state index in [9.17, 15) is 9.59 Å². The van der Waals surface area contributed by atoms with Gasteiger partial charge >= 0.3 is 0 Å². The van der Waals surface area contributed by atoms with E-state index in [1.165, 1.54) is 20.3 Å². The molecule has 17 heavy (non-hydrogen) atoms. The van der Waals surface area contributed by atoms with Crippen LogP contribution in [0.4, 0.5) is 0 Å². The van der Waals surface area contributed by atoms with Crippen LogP contribution in [0.3, 0.4) is 0 Å². The van der Waals surface area contributed by atoms with Gasteiger partial charge in [0, 0.05) is 19.6 Å². The third-order valence-electron chi connectivity index (χ3n) is 3.65. The average Bonchev–Trinajstić information content (AvgIpc) is 2.34. The monoisotopic (exact) mass is 236 g/mol. The zero-order valence-electron chi connectivity index (χ0n) is 10.3. The second-order valence-electron chi connectivity index (χ2n) is 4.55. The van der Waals surface area contributed by atoms with Crippen molar-refractivity contribution >= 4 is 11.6 Å². The summed E-state index contributed by atoms with van der Waals surface area (Å²) in [6.07, 6.45) is 4.27. The molecule has 0 spiro atoms. The predicted molar refractivity (Wildman–Crippen MR) is 61.3 cm³/mol. The highest BCUT2D eigenvalue weighted by atomic mass is 16.5. The average molecular weight is 236 g/mol. The molecular weight excluding hydrogens is 220 g/mol. The summed E-state index contributed by atoms with van der Waals surface area (Å²) in [6.45, 7) is 1.97. The van der Waals surface area contributed by atoms with Crippen molar-refractivity contribution in [3.63, 3.8) is 0 Å². The first-order valence-electron chi connectivity index (χ1n) is 5.60. The Balaban J connectivity index is 2.50. The van der Waals surface area contributed by atoms with Crippen LogP contribution >= 0.6 is 0 Å². The number of fused-ring (bicyclic) bond motifs is 1. The summed E-state index contributed by atoms with van der Waals surface area (Å²) < 4.78 is 10.4. The molecule has 0 aromatic rings. The van der Waals surface area contributed by atoms with E-state index in [0.29, 0.717) is 12.8 Å². The fourth-order valence-corrected chi connectivity index (χ4v) is 2.59. The predicted octanol–water partition coefficient (Wildman–Crippen LogP) is 1.41. The summed E-state index contributed by atoms with van der Waals surface area (Å²) in [4.78, 5) is 24.3. The van der Waals surface area contributed by atoms with Gasteiger partial charge in [0.25, 0.3) is 0 Å². The van der Waals surface area contributed by atoms with Gasteiger partial charge in [-0.15, -0.1) is 0 Å². The van der Waals surface area contributed by atoms with Crippen molar-refractivity contribution < 1.29 is 19.1 Å². The smallest absolute Gasteiger partial charge is 0.230 e. The number of rotatable bonds is 2. The maximum Gasteiger partial charge on any atom is 0.230 e. The second-order valence-corrected chi connectivity index (χ2v) is 4.55. The van der Waals surface area contributed by atoms with E-state index in [2.05, 4.69) is 0 Å². The minimum atomic E-state index is -1.06. The first-order valence-corrected chi connectivity index (χ1v) is 5.60. The topological polar surface area (TPSA) is 52.6 Å². The van der Waals surface area contributed by atoms with E-state index < -0.39 is 11.5 Å². The highest BCUT2D eigenvalue weighted by Crippen LogP contribution is 2.41. The maximum absolute atomic E-state index is 12.3. The number of carbonyl (C=O) groups is 2. The number of ketones is 2. The lowest BCUT2D eigenvalue weighted by Gasteiger charge is -2.41. The van der Waals surface area contributed by atoms with Crippen molar-refractivity contribution in [1.29, 1.82) is 0 Å². The van der Waals surface area contributed by atoms with Gasteiger partial charge in [0.05, 0.1) is 13.0 Å². The molecular formula is C13H16O4. The van der Waals surface area contributed by atoms with Crippen molar-refractivity contribution in [2.75, 3.05) is 14.2 Å². The first kappa shape index (κ1) is 12.0. The van der Waals surface area contributed by atoms with Crippen LogP contribution in [0.5, 0.6) is 0 Å². The number of allylic oxidation sites excluding steroid dienone is 2. The SMILES string of the molecule is COC1=CC(=O)C2CC(C)=CCC2(OC)C1=O. The molecule has 2 rings (SSSR count). The minimum absolute atomic E-state index is 0.0873. The maximum atomic E-state index is 12.3. The number of hydrogen-bond acceptors (Lipinski definition) is 4. The van der Waals surface area contributed by atoms with Gasteiger partial charge in [-0.2, -0.15) is 0 Å². The van der Waals surface area contributed by atoms with Crippen LogP contribution in [0.15, 0.2) is 23.5 Å². The molecule has 0 N–H and O–H groups in total. The van der Waals surface area contributed by atoms with E-state index in [1.54, 1.807) is 0 Å². The lowest BCUT2D eigenvalue weighted by Crippen LogP contribution is -2.55. The molecule has 0 saturated heterocycles. The quantitative estimate of drug-likeness (QED) is 0.680. The second kappa shape index (κ2) is 4.11. The molecule has 0 saturated carbocycles. The Morgan fingerprint density at radius 2 is 2.06 bits per heavy atom.